The number of amides is 2. The van der Waals surface area contributed by atoms with Crippen molar-refractivity contribution in [1.82, 2.24) is 0 Å². The van der Waals surface area contributed by atoms with Crippen LogP contribution in [0.4, 0.5) is 16.2 Å². The van der Waals surface area contributed by atoms with E-state index in [0.717, 1.165) is 24.0 Å². The Morgan fingerprint density at radius 3 is 2.29 bits per heavy atom. The summed E-state index contributed by atoms with van der Waals surface area (Å²) in [5.74, 6) is -0.0991. The number of sulfone groups is 1. The highest BCUT2D eigenvalue weighted by Gasteiger charge is 2.34. The van der Waals surface area contributed by atoms with Crippen molar-refractivity contribution >= 4 is 33.2 Å². The Bertz CT molecular complexity index is 1080. The number of hydrogen-bond donors (Lipinski definition) is 0. The predicted octanol–water partition coefficient (Wildman–Crippen LogP) is 4.26. The van der Waals surface area contributed by atoms with Crippen molar-refractivity contribution in [2.24, 2.45) is 0 Å². The first-order valence-electron chi connectivity index (χ1n) is 10.3. The van der Waals surface area contributed by atoms with Gasteiger partial charge in [0.25, 0.3) is 0 Å². The molecule has 2 aromatic carbocycles. The van der Waals surface area contributed by atoms with Crippen LogP contribution in [-0.2, 0) is 19.4 Å². The minimum atomic E-state index is -3.28. The molecule has 8 heteroatoms. The third-order valence-electron chi connectivity index (χ3n) is 5.31. The molecule has 31 heavy (non-hydrogen) atoms. The van der Waals surface area contributed by atoms with Crippen LogP contribution in [0.2, 0.25) is 0 Å². The van der Waals surface area contributed by atoms with E-state index in [1.54, 1.807) is 34.1 Å². The van der Waals surface area contributed by atoms with Gasteiger partial charge in [0.15, 0.2) is 9.84 Å². The number of fused-ring (bicyclic) bond motifs is 1. The summed E-state index contributed by atoms with van der Waals surface area (Å²) in [6.45, 7) is 6.10. The van der Waals surface area contributed by atoms with Gasteiger partial charge in [-0.1, -0.05) is 31.5 Å². The lowest BCUT2D eigenvalue weighted by Gasteiger charge is -2.40. The second-order valence-corrected chi connectivity index (χ2v) is 9.83. The largest absolute Gasteiger partial charge is 0.449 e. The molecule has 2 aromatic rings. The normalized spacial score (nSPS) is 16.1. The average molecular weight is 445 g/mol. The fourth-order valence-corrected chi connectivity index (χ4v) is 4.36. The molecule has 1 aliphatic rings. The molecular weight excluding hydrogens is 416 g/mol. The lowest BCUT2D eigenvalue weighted by Crippen LogP contribution is -2.51. The van der Waals surface area contributed by atoms with Crippen molar-refractivity contribution in [3.63, 3.8) is 0 Å². The summed E-state index contributed by atoms with van der Waals surface area (Å²) in [7, 11) is -3.28. The second kappa shape index (κ2) is 9.09. The molecule has 0 saturated heterocycles. The summed E-state index contributed by atoms with van der Waals surface area (Å²) < 4.78 is 28.9. The summed E-state index contributed by atoms with van der Waals surface area (Å²) in [5.41, 5.74) is 2.86. The fraction of sp³-hybridized carbons (Fsp3) is 0.391. The third-order valence-corrected chi connectivity index (χ3v) is 6.44. The zero-order valence-electron chi connectivity index (χ0n) is 18.3. The summed E-state index contributed by atoms with van der Waals surface area (Å²) in [5, 5.41) is 0. The number of anilines is 2. The van der Waals surface area contributed by atoms with Crippen molar-refractivity contribution in [3.8, 4) is 11.1 Å². The van der Waals surface area contributed by atoms with Crippen LogP contribution in [0.1, 0.15) is 33.6 Å². The molecule has 7 nitrogen and oxygen atoms in total. The van der Waals surface area contributed by atoms with Crippen molar-refractivity contribution in [2.75, 3.05) is 29.2 Å². The quantitative estimate of drug-likeness (QED) is 0.644. The molecule has 0 radical (unpaired) electrons. The highest BCUT2D eigenvalue weighted by Crippen LogP contribution is 2.39. The lowest BCUT2D eigenvalue weighted by atomic mass is 10.0. The third kappa shape index (κ3) is 4.90. The molecule has 0 saturated carbocycles. The molecule has 166 valence electrons. The van der Waals surface area contributed by atoms with Crippen molar-refractivity contribution < 1.29 is 22.7 Å². The number of ether oxygens (including phenoxy) is 1. The van der Waals surface area contributed by atoms with Crippen LogP contribution in [0, 0.1) is 0 Å². The smallest absolute Gasteiger partial charge is 0.414 e. The molecule has 0 spiro atoms. The first kappa shape index (κ1) is 22.8. The van der Waals surface area contributed by atoms with Gasteiger partial charge >= 0.3 is 6.09 Å². The Hall–Kier alpha value is -2.87. The van der Waals surface area contributed by atoms with Crippen LogP contribution < -0.4 is 9.80 Å². The lowest BCUT2D eigenvalue weighted by molar-refractivity contribution is -0.117. The number of carbonyl (C=O) groups is 2. The van der Waals surface area contributed by atoms with E-state index in [4.69, 9.17) is 4.74 Å². The molecule has 2 amide bonds. The number of hydrogen-bond acceptors (Lipinski definition) is 5. The van der Waals surface area contributed by atoms with E-state index in [-0.39, 0.29) is 16.8 Å². The van der Waals surface area contributed by atoms with Crippen LogP contribution in [-0.4, -0.2) is 45.9 Å². The molecule has 1 heterocycles. The summed E-state index contributed by atoms with van der Waals surface area (Å²) in [6.07, 6.45) is 2.44. The van der Waals surface area contributed by atoms with Crippen LogP contribution in [0.15, 0.2) is 47.4 Å². The molecule has 0 unspecified atom stereocenters. The van der Waals surface area contributed by atoms with E-state index in [9.17, 15) is 18.0 Å². The average Bonchev–Trinajstić information content (AvgIpc) is 2.72. The van der Waals surface area contributed by atoms with Crippen molar-refractivity contribution in [3.05, 3.63) is 42.5 Å². The monoisotopic (exact) mass is 444 g/mol. The summed E-state index contributed by atoms with van der Waals surface area (Å²) >= 11 is 0. The number of benzene rings is 2. The highest BCUT2D eigenvalue weighted by atomic mass is 32.2. The van der Waals surface area contributed by atoms with Gasteiger partial charge in [0.05, 0.1) is 28.9 Å². The molecular formula is C23H28N2O5S. The SMILES string of the molecule is CCCCOC(=O)N1C[C@H](C)N(C(C)=O)c2ccc(-c3ccc(S(C)(=O)=O)cc3)cc21. The zero-order valence-corrected chi connectivity index (χ0v) is 19.1. The Kier molecular flexibility index (Phi) is 6.69. The number of rotatable bonds is 5. The molecule has 0 N–H and O–H groups in total. The van der Waals surface area contributed by atoms with Gasteiger partial charge in [-0.15, -0.1) is 0 Å². The van der Waals surface area contributed by atoms with E-state index < -0.39 is 15.9 Å². The van der Waals surface area contributed by atoms with Gasteiger partial charge in [0, 0.05) is 19.7 Å². The van der Waals surface area contributed by atoms with Gasteiger partial charge < -0.3 is 9.64 Å². The van der Waals surface area contributed by atoms with Gasteiger partial charge in [-0.05, 0) is 48.7 Å². The molecule has 1 aliphatic heterocycles. The summed E-state index contributed by atoms with van der Waals surface area (Å²) in [4.78, 5) is 28.6. The van der Waals surface area contributed by atoms with Crippen LogP contribution in [0.25, 0.3) is 11.1 Å². The Balaban J connectivity index is 2.02. The predicted molar refractivity (Wildman–Crippen MR) is 121 cm³/mol. The first-order chi connectivity index (χ1) is 14.6. The van der Waals surface area contributed by atoms with Gasteiger partial charge in [0.1, 0.15) is 0 Å². The van der Waals surface area contributed by atoms with E-state index in [1.165, 1.54) is 13.2 Å². The van der Waals surface area contributed by atoms with Crippen LogP contribution in [0.3, 0.4) is 0 Å². The maximum absolute atomic E-state index is 12.8. The number of unbranched alkanes of at least 4 members (excludes halogenated alkanes) is 1. The molecule has 0 aliphatic carbocycles. The molecule has 1 atom stereocenters. The maximum atomic E-state index is 12.8. The molecule has 0 aromatic heterocycles. The van der Waals surface area contributed by atoms with Crippen LogP contribution >= 0.6 is 0 Å². The Labute approximate surface area is 183 Å². The molecule has 0 fully saturated rings. The maximum Gasteiger partial charge on any atom is 0.414 e. The first-order valence-corrected chi connectivity index (χ1v) is 12.2. The second-order valence-electron chi connectivity index (χ2n) is 7.82. The van der Waals surface area contributed by atoms with E-state index in [1.807, 2.05) is 32.0 Å². The standard InChI is InChI=1S/C23H28N2O5S/c1-5-6-13-30-23(27)24-15-16(2)25(17(3)26)21-12-9-19(14-22(21)24)18-7-10-20(11-8-18)31(4,28)29/h7-12,14,16H,5-6,13,15H2,1-4H3/t16-/m0/s1. The van der Waals surface area contributed by atoms with Gasteiger partial charge in [-0.25, -0.2) is 13.2 Å². The molecule has 0 bridgehead atoms. The van der Waals surface area contributed by atoms with Crippen molar-refractivity contribution in [1.29, 1.82) is 0 Å². The highest BCUT2D eigenvalue weighted by molar-refractivity contribution is 7.90. The minimum absolute atomic E-state index is 0.0991. The van der Waals surface area contributed by atoms with Gasteiger partial charge in [0.2, 0.25) is 5.91 Å². The topological polar surface area (TPSA) is 84.0 Å². The fourth-order valence-electron chi connectivity index (χ4n) is 3.73. The summed E-state index contributed by atoms with van der Waals surface area (Å²) in [6, 6.07) is 11.9. The van der Waals surface area contributed by atoms with E-state index in [2.05, 4.69) is 0 Å². The van der Waals surface area contributed by atoms with Crippen LogP contribution in [0.5, 0.6) is 0 Å². The van der Waals surface area contributed by atoms with E-state index in [0.29, 0.717) is 24.5 Å². The van der Waals surface area contributed by atoms with Gasteiger partial charge in [-0.3, -0.25) is 9.69 Å². The molecule has 3 rings (SSSR count). The number of carbonyl (C=O) groups excluding carboxylic acids is 2. The van der Waals surface area contributed by atoms with Crippen molar-refractivity contribution in [2.45, 2.75) is 44.6 Å². The number of nitrogens with zero attached hydrogens (tertiary/aromatic N) is 2. The zero-order chi connectivity index (χ0) is 22.8. The Morgan fingerprint density at radius 2 is 1.71 bits per heavy atom. The Morgan fingerprint density at radius 1 is 1.06 bits per heavy atom. The van der Waals surface area contributed by atoms with E-state index >= 15 is 0 Å². The van der Waals surface area contributed by atoms with Gasteiger partial charge in [-0.2, -0.15) is 0 Å². The minimum Gasteiger partial charge on any atom is -0.449 e.